The predicted molar refractivity (Wildman–Crippen MR) is 80.2 cm³/mol. The van der Waals surface area contributed by atoms with Gasteiger partial charge >= 0.3 is 12.0 Å². The van der Waals surface area contributed by atoms with Gasteiger partial charge in [0.1, 0.15) is 0 Å². The molecule has 2 N–H and O–H groups in total. The number of hydrogen-bond donors (Lipinski definition) is 2. The minimum absolute atomic E-state index is 0.00282. The van der Waals surface area contributed by atoms with Crippen LogP contribution in [-0.2, 0) is 4.79 Å². The molecule has 1 saturated heterocycles. The van der Waals surface area contributed by atoms with E-state index in [-0.39, 0.29) is 18.6 Å². The minimum atomic E-state index is -0.807. The molecule has 1 aliphatic heterocycles. The van der Waals surface area contributed by atoms with Crippen molar-refractivity contribution in [2.75, 3.05) is 32.7 Å². The summed E-state index contributed by atoms with van der Waals surface area (Å²) >= 11 is 0. The Morgan fingerprint density at radius 3 is 2.33 bits per heavy atom. The van der Waals surface area contributed by atoms with Gasteiger partial charge in [0, 0.05) is 32.2 Å². The Balaban J connectivity index is 1.72. The number of piperazine rings is 1. The van der Waals surface area contributed by atoms with Crippen molar-refractivity contribution in [3.8, 4) is 0 Å². The maximum Gasteiger partial charge on any atom is 0.317 e. The Morgan fingerprint density at radius 2 is 1.76 bits per heavy atom. The highest BCUT2D eigenvalue weighted by molar-refractivity contribution is 5.74. The summed E-state index contributed by atoms with van der Waals surface area (Å²) in [5.41, 5.74) is 0. The third-order valence-electron chi connectivity index (χ3n) is 4.73. The molecule has 0 aromatic rings. The first-order valence-corrected chi connectivity index (χ1v) is 8.06. The molecule has 1 saturated carbocycles. The fraction of sp³-hybridized carbons (Fsp3) is 0.867. The lowest BCUT2D eigenvalue weighted by molar-refractivity contribution is -0.138. The van der Waals surface area contributed by atoms with Crippen LogP contribution < -0.4 is 5.32 Å². The molecule has 0 radical (unpaired) electrons. The van der Waals surface area contributed by atoms with E-state index in [4.69, 9.17) is 5.11 Å². The Hall–Kier alpha value is -1.30. The van der Waals surface area contributed by atoms with E-state index in [2.05, 4.69) is 12.2 Å². The van der Waals surface area contributed by atoms with Crippen LogP contribution in [0, 0.1) is 5.92 Å². The molecule has 2 fully saturated rings. The molecule has 0 spiro atoms. The number of urea groups is 1. The van der Waals surface area contributed by atoms with Gasteiger partial charge in [-0.3, -0.25) is 9.69 Å². The molecule has 2 aliphatic rings. The molecule has 21 heavy (non-hydrogen) atoms. The summed E-state index contributed by atoms with van der Waals surface area (Å²) in [5.74, 6) is -0.199. The zero-order valence-corrected chi connectivity index (χ0v) is 12.9. The summed E-state index contributed by atoms with van der Waals surface area (Å²) in [6, 6.07) is 0.234. The van der Waals surface area contributed by atoms with Crippen LogP contribution in [0.4, 0.5) is 4.79 Å². The van der Waals surface area contributed by atoms with E-state index in [1.807, 2.05) is 4.90 Å². The van der Waals surface area contributed by atoms with Gasteiger partial charge in [0.05, 0.1) is 6.54 Å². The maximum atomic E-state index is 12.3. The van der Waals surface area contributed by atoms with Crippen molar-refractivity contribution in [3.05, 3.63) is 0 Å². The summed E-state index contributed by atoms with van der Waals surface area (Å²) in [6.07, 6.45) is 6.31. The van der Waals surface area contributed by atoms with Crippen molar-refractivity contribution in [1.29, 1.82) is 0 Å². The Kier molecular flexibility index (Phi) is 5.85. The van der Waals surface area contributed by atoms with Crippen molar-refractivity contribution in [2.45, 2.75) is 45.1 Å². The van der Waals surface area contributed by atoms with Gasteiger partial charge in [-0.15, -0.1) is 0 Å². The van der Waals surface area contributed by atoms with Gasteiger partial charge in [0.15, 0.2) is 0 Å². The number of amides is 2. The first-order chi connectivity index (χ1) is 10.1. The standard InChI is InChI=1S/C15H27N3O3/c1-12(13-5-3-2-4-6-13)16-15(21)18-9-7-17(8-10-18)11-14(19)20/h12-13H,2-11H2,1H3,(H,16,21)(H,19,20). The summed E-state index contributed by atoms with van der Waals surface area (Å²) in [7, 11) is 0. The number of rotatable bonds is 4. The molecule has 6 heteroatoms. The lowest BCUT2D eigenvalue weighted by Gasteiger charge is -2.35. The van der Waals surface area contributed by atoms with Crippen molar-refractivity contribution in [2.24, 2.45) is 5.92 Å². The molecule has 1 heterocycles. The second-order valence-electron chi connectivity index (χ2n) is 6.29. The summed E-state index contributed by atoms with van der Waals surface area (Å²) in [6.45, 7) is 4.66. The number of aliphatic carboxylic acids is 1. The second-order valence-corrected chi connectivity index (χ2v) is 6.29. The van der Waals surface area contributed by atoms with Gasteiger partial charge < -0.3 is 15.3 Å². The third kappa shape index (κ3) is 4.88. The van der Waals surface area contributed by atoms with Crippen LogP contribution in [0.3, 0.4) is 0 Å². The molecule has 1 unspecified atom stereocenters. The summed E-state index contributed by atoms with van der Waals surface area (Å²) in [4.78, 5) is 26.6. The van der Waals surface area contributed by atoms with Crippen molar-refractivity contribution in [1.82, 2.24) is 15.1 Å². The third-order valence-corrected chi connectivity index (χ3v) is 4.73. The highest BCUT2D eigenvalue weighted by atomic mass is 16.4. The lowest BCUT2D eigenvalue weighted by Crippen LogP contribution is -2.54. The number of carboxylic acid groups (broad SMARTS) is 1. The van der Waals surface area contributed by atoms with Crippen LogP contribution in [0.15, 0.2) is 0 Å². The van der Waals surface area contributed by atoms with Crippen LogP contribution in [0.5, 0.6) is 0 Å². The van der Waals surface area contributed by atoms with E-state index >= 15 is 0 Å². The van der Waals surface area contributed by atoms with E-state index in [0.29, 0.717) is 32.1 Å². The monoisotopic (exact) mass is 297 g/mol. The molecule has 1 aliphatic carbocycles. The van der Waals surface area contributed by atoms with Crippen molar-refractivity contribution >= 4 is 12.0 Å². The van der Waals surface area contributed by atoms with Crippen LogP contribution >= 0.6 is 0 Å². The Morgan fingerprint density at radius 1 is 1.14 bits per heavy atom. The average Bonchev–Trinajstić information content (AvgIpc) is 2.48. The molecule has 1 atom stereocenters. The molecule has 120 valence electrons. The molecular weight excluding hydrogens is 270 g/mol. The number of carbonyl (C=O) groups excluding carboxylic acids is 1. The van der Waals surface area contributed by atoms with E-state index in [9.17, 15) is 9.59 Å². The number of carbonyl (C=O) groups is 2. The summed E-state index contributed by atoms with van der Waals surface area (Å²) < 4.78 is 0. The van der Waals surface area contributed by atoms with Gasteiger partial charge in [-0.25, -0.2) is 4.79 Å². The SMILES string of the molecule is CC(NC(=O)N1CCN(CC(=O)O)CC1)C1CCCCC1. The molecule has 0 aromatic carbocycles. The van der Waals surface area contributed by atoms with Crippen LogP contribution in [0.2, 0.25) is 0 Å². The number of nitrogens with one attached hydrogen (secondary N) is 1. The first-order valence-electron chi connectivity index (χ1n) is 8.06. The second kappa shape index (κ2) is 7.64. The van der Waals surface area contributed by atoms with Crippen molar-refractivity contribution < 1.29 is 14.7 Å². The largest absolute Gasteiger partial charge is 0.480 e. The molecule has 0 aromatic heterocycles. The lowest BCUT2D eigenvalue weighted by atomic mass is 9.84. The summed E-state index contributed by atoms with van der Waals surface area (Å²) in [5, 5.41) is 11.9. The number of hydrogen-bond acceptors (Lipinski definition) is 3. The molecule has 0 bridgehead atoms. The average molecular weight is 297 g/mol. The van der Waals surface area contributed by atoms with Gasteiger partial charge in [0.25, 0.3) is 0 Å². The first kappa shape index (κ1) is 16.1. The smallest absolute Gasteiger partial charge is 0.317 e. The molecular formula is C15H27N3O3. The molecule has 2 rings (SSSR count). The fourth-order valence-corrected chi connectivity index (χ4v) is 3.34. The Bertz CT molecular complexity index is 361. The zero-order chi connectivity index (χ0) is 15.2. The van der Waals surface area contributed by atoms with E-state index in [1.165, 1.54) is 32.1 Å². The molecule has 2 amide bonds. The van der Waals surface area contributed by atoms with Gasteiger partial charge in [-0.1, -0.05) is 19.3 Å². The van der Waals surface area contributed by atoms with Gasteiger partial charge in [0.2, 0.25) is 0 Å². The molecule has 6 nitrogen and oxygen atoms in total. The fourth-order valence-electron chi connectivity index (χ4n) is 3.34. The van der Waals surface area contributed by atoms with E-state index < -0.39 is 5.97 Å². The van der Waals surface area contributed by atoms with Crippen LogP contribution in [0.1, 0.15) is 39.0 Å². The minimum Gasteiger partial charge on any atom is -0.480 e. The highest BCUT2D eigenvalue weighted by Gasteiger charge is 2.26. The number of carboxylic acids is 1. The Labute approximate surface area is 126 Å². The van der Waals surface area contributed by atoms with Crippen LogP contribution in [0.25, 0.3) is 0 Å². The van der Waals surface area contributed by atoms with Crippen LogP contribution in [-0.4, -0.2) is 65.7 Å². The van der Waals surface area contributed by atoms with Crippen molar-refractivity contribution in [3.63, 3.8) is 0 Å². The predicted octanol–water partition coefficient (Wildman–Crippen LogP) is 1.37. The maximum absolute atomic E-state index is 12.3. The topological polar surface area (TPSA) is 72.9 Å². The van der Waals surface area contributed by atoms with E-state index in [0.717, 1.165) is 0 Å². The number of nitrogens with zero attached hydrogens (tertiary/aromatic N) is 2. The highest BCUT2D eigenvalue weighted by Crippen LogP contribution is 2.26. The van der Waals surface area contributed by atoms with E-state index in [1.54, 1.807) is 4.90 Å². The quantitative estimate of drug-likeness (QED) is 0.822. The van der Waals surface area contributed by atoms with Gasteiger partial charge in [-0.2, -0.15) is 0 Å². The zero-order valence-electron chi connectivity index (χ0n) is 12.9. The van der Waals surface area contributed by atoms with Gasteiger partial charge in [-0.05, 0) is 25.7 Å². The normalized spacial score (nSPS) is 22.8.